The monoisotopic (exact) mass is 663 g/mol. The predicted octanol–water partition coefficient (Wildman–Crippen LogP) is 7.57. The largest absolute Gasteiger partial charge is 0.391 e. The van der Waals surface area contributed by atoms with E-state index in [4.69, 9.17) is 5.73 Å². The number of amides is 2. The minimum absolute atomic E-state index is 0.00818. The highest BCUT2D eigenvalue weighted by molar-refractivity contribution is 5.96. The van der Waals surface area contributed by atoms with Crippen molar-refractivity contribution < 1.29 is 23.5 Å². The second-order valence-corrected chi connectivity index (χ2v) is 14.0. The Morgan fingerprint density at radius 2 is 1.67 bits per heavy atom. The average molecular weight is 664 g/mol. The first-order chi connectivity index (χ1) is 23.1. The number of nitrogens with two attached hydrogens (primary N) is 1. The third-order valence-electron chi connectivity index (χ3n) is 10.2. The molecule has 2 aromatic carbocycles. The topological polar surface area (TPSA) is 95.7 Å². The molecule has 2 aliphatic rings. The first kappa shape index (κ1) is 37.5. The van der Waals surface area contributed by atoms with E-state index in [0.29, 0.717) is 35.7 Å². The summed E-state index contributed by atoms with van der Waals surface area (Å²) in [4.78, 5) is 29.3. The predicted molar refractivity (Wildman–Crippen MR) is 188 cm³/mol. The number of aliphatic hydroxyl groups is 1. The minimum atomic E-state index is -1.37. The maximum Gasteiger partial charge on any atom is 0.244 e. The fourth-order valence-electron chi connectivity index (χ4n) is 7.98. The molecule has 0 saturated heterocycles. The van der Waals surface area contributed by atoms with Gasteiger partial charge in [0, 0.05) is 43.2 Å². The highest BCUT2D eigenvalue weighted by atomic mass is 19.1. The summed E-state index contributed by atoms with van der Waals surface area (Å²) in [6.45, 7) is 6.97. The van der Waals surface area contributed by atoms with Crippen LogP contribution in [0.25, 0.3) is 0 Å². The summed E-state index contributed by atoms with van der Waals surface area (Å²) in [7, 11) is 0. The molecule has 1 saturated carbocycles. The van der Waals surface area contributed by atoms with Gasteiger partial charge in [0.15, 0.2) is 0 Å². The van der Waals surface area contributed by atoms with E-state index in [1.165, 1.54) is 44.2 Å². The lowest BCUT2D eigenvalue weighted by Crippen LogP contribution is -2.54. The summed E-state index contributed by atoms with van der Waals surface area (Å²) in [5, 5.41) is 15.9. The van der Waals surface area contributed by atoms with E-state index in [9.17, 15) is 23.5 Å². The molecular formula is C40H55F2N3O3. The zero-order valence-corrected chi connectivity index (χ0v) is 29.0. The Hall–Kier alpha value is -3.36. The van der Waals surface area contributed by atoms with Crippen LogP contribution < -0.4 is 11.1 Å². The molecule has 0 bridgehead atoms. The minimum Gasteiger partial charge on any atom is -0.391 e. The van der Waals surface area contributed by atoms with Crippen molar-refractivity contribution in [3.63, 3.8) is 0 Å². The van der Waals surface area contributed by atoms with E-state index in [-0.39, 0.29) is 31.3 Å². The molecule has 6 nitrogen and oxygen atoms in total. The van der Waals surface area contributed by atoms with Gasteiger partial charge in [0.05, 0.1) is 11.5 Å². The fraction of sp³-hybridized carbons (Fsp3) is 0.550. The molecule has 2 aliphatic carbocycles. The Morgan fingerprint density at radius 1 is 1.02 bits per heavy atom. The average Bonchev–Trinajstić information content (AvgIpc) is 3.06. The molecule has 0 spiro atoms. The van der Waals surface area contributed by atoms with Gasteiger partial charge in [-0.3, -0.25) is 9.59 Å². The molecule has 0 aliphatic heterocycles. The van der Waals surface area contributed by atoms with Crippen molar-refractivity contribution in [1.29, 1.82) is 0 Å². The molecule has 262 valence electrons. The number of benzene rings is 2. The first-order valence-corrected chi connectivity index (χ1v) is 18.0. The highest BCUT2D eigenvalue weighted by Crippen LogP contribution is 2.46. The Labute approximate surface area is 285 Å². The molecule has 4 rings (SSSR count). The number of nitrogens with zero attached hydrogens (tertiary/aromatic N) is 1. The standard InChI is InChI=1S/C40H55F2N3O3/c1-4-18-45(19-5-2)39(48)40(25-28(3)20-32(26-40)38(43)47)35(23-30-21-33(41)24-34(42)22-30)37(46)27-44-36(31-14-10-7-11-15-31)17-16-29-12-8-6-9-13-29/h7,10-11,14-15,20-22,24-25,29,35-37,44,46H,4-6,8-9,12-13,16-19,23,26-27H2,1-3H3,(H2,43,47)/t35-,36-,37+,40?/m1/s1. The van der Waals surface area contributed by atoms with Crippen LogP contribution in [-0.4, -0.2) is 47.6 Å². The maximum atomic E-state index is 14.8. The smallest absolute Gasteiger partial charge is 0.244 e. The second kappa shape index (κ2) is 17.9. The van der Waals surface area contributed by atoms with Crippen LogP contribution in [0.2, 0.25) is 0 Å². The fourth-order valence-corrected chi connectivity index (χ4v) is 7.98. The van der Waals surface area contributed by atoms with Crippen molar-refractivity contribution in [2.24, 2.45) is 23.0 Å². The number of rotatable bonds is 17. The lowest BCUT2D eigenvalue weighted by atomic mass is 9.63. The summed E-state index contributed by atoms with van der Waals surface area (Å²) in [5.74, 6) is -2.44. The Bertz CT molecular complexity index is 1400. The number of primary amides is 1. The van der Waals surface area contributed by atoms with Crippen LogP contribution in [0.3, 0.4) is 0 Å². The van der Waals surface area contributed by atoms with Crippen molar-refractivity contribution in [3.8, 4) is 0 Å². The van der Waals surface area contributed by atoms with Crippen LogP contribution >= 0.6 is 0 Å². The molecule has 2 aromatic rings. The number of carbonyl (C=O) groups excluding carboxylic acids is 2. The Morgan fingerprint density at radius 3 is 2.27 bits per heavy atom. The molecule has 0 radical (unpaired) electrons. The van der Waals surface area contributed by atoms with Gasteiger partial charge in [-0.05, 0) is 74.6 Å². The van der Waals surface area contributed by atoms with Gasteiger partial charge in [-0.2, -0.15) is 0 Å². The highest BCUT2D eigenvalue weighted by Gasteiger charge is 2.50. The zero-order valence-electron chi connectivity index (χ0n) is 29.0. The number of carbonyl (C=O) groups is 2. The van der Waals surface area contributed by atoms with Crippen molar-refractivity contribution in [2.75, 3.05) is 19.6 Å². The third-order valence-corrected chi connectivity index (χ3v) is 10.2. The second-order valence-electron chi connectivity index (χ2n) is 14.0. The van der Waals surface area contributed by atoms with Crippen LogP contribution in [0.15, 0.2) is 71.8 Å². The lowest BCUT2D eigenvalue weighted by Gasteiger charge is -2.45. The normalized spacial score (nSPS) is 20.4. The van der Waals surface area contributed by atoms with Gasteiger partial charge >= 0.3 is 0 Å². The molecule has 4 N–H and O–H groups in total. The van der Waals surface area contributed by atoms with Crippen LogP contribution in [0.4, 0.5) is 8.78 Å². The van der Waals surface area contributed by atoms with Crippen molar-refractivity contribution in [3.05, 3.63) is 94.6 Å². The van der Waals surface area contributed by atoms with Gasteiger partial charge in [-0.25, -0.2) is 8.78 Å². The molecule has 4 atom stereocenters. The third kappa shape index (κ3) is 9.85. The van der Waals surface area contributed by atoms with Gasteiger partial charge in [-0.1, -0.05) is 94.0 Å². The molecule has 8 heteroatoms. The summed E-state index contributed by atoms with van der Waals surface area (Å²) in [6.07, 6.45) is 12.2. The number of aliphatic hydroxyl groups excluding tert-OH is 1. The number of halogens is 2. The quantitative estimate of drug-likeness (QED) is 0.163. The number of hydrogen-bond acceptors (Lipinski definition) is 4. The van der Waals surface area contributed by atoms with Crippen LogP contribution in [0.1, 0.15) is 102 Å². The molecular weight excluding hydrogens is 608 g/mol. The van der Waals surface area contributed by atoms with Crippen LogP contribution in [0, 0.1) is 28.9 Å². The van der Waals surface area contributed by atoms with Crippen molar-refractivity contribution in [2.45, 2.75) is 104 Å². The Kier molecular flexibility index (Phi) is 13.9. The zero-order chi connectivity index (χ0) is 34.7. The maximum absolute atomic E-state index is 14.8. The van der Waals surface area contributed by atoms with Gasteiger partial charge < -0.3 is 21.1 Å². The first-order valence-electron chi connectivity index (χ1n) is 18.0. The number of allylic oxidation sites excluding steroid dienone is 2. The summed E-state index contributed by atoms with van der Waals surface area (Å²) in [5.41, 5.74) is 6.90. The molecule has 1 fully saturated rings. The van der Waals surface area contributed by atoms with Gasteiger partial charge in [0.2, 0.25) is 11.8 Å². The number of hydrogen-bond donors (Lipinski definition) is 3. The molecule has 48 heavy (non-hydrogen) atoms. The van der Waals surface area contributed by atoms with E-state index >= 15 is 0 Å². The Balaban J connectivity index is 1.74. The number of nitrogens with one attached hydrogen (secondary N) is 1. The van der Waals surface area contributed by atoms with Gasteiger partial charge in [0.25, 0.3) is 0 Å². The van der Waals surface area contributed by atoms with Crippen molar-refractivity contribution in [1.82, 2.24) is 10.2 Å². The van der Waals surface area contributed by atoms with E-state index in [0.717, 1.165) is 37.3 Å². The molecule has 0 heterocycles. The van der Waals surface area contributed by atoms with E-state index < -0.39 is 35.0 Å². The lowest BCUT2D eigenvalue weighted by molar-refractivity contribution is -0.145. The van der Waals surface area contributed by atoms with E-state index in [1.54, 1.807) is 11.0 Å². The van der Waals surface area contributed by atoms with Gasteiger partial charge in [-0.15, -0.1) is 0 Å². The molecule has 1 unspecified atom stereocenters. The summed E-state index contributed by atoms with van der Waals surface area (Å²) in [6, 6.07) is 13.5. The van der Waals surface area contributed by atoms with E-state index in [2.05, 4.69) is 17.4 Å². The van der Waals surface area contributed by atoms with Gasteiger partial charge in [0.1, 0.15) is 11.6 Å². The van der Waals surface area contributed by atoms with Crippen LogP contribution in [0.5, 0.6) is 0 Å². The summed E-state index contributed by atoms with van der Waals surface area (Å²) < 4.78 is 29.1. The molecule has 0 aromatic heterocycles. The summed E-state index contributed by atoms with van der Waals surface area (Å²) >= 11 is 0. The van der Waals surface area contributed by atoms with E-state index in [1.807, 2.05) is 45.0 Å². The molecule has 2 amide bonds. The van der Waals surface area contributed by atoms with Crippen molar-refractivity contribution >= 4 is 11.8 Å². The van der Waals surface area contributed by atoms with Crippen LogP contribution in [-0.2, 0) is 16.0 Å². The SMILES string of the molecule is CCCN(CCC)C(=O)C1([C@H](Cc2cc(F)cc(F)c2)[C@@H](O)CN[C@H](CCC2CCCCC2)c2ccccc2)C=C(C)C=C(C(N)=O)C1.